The highest BCUT2D eigenvalue weighted by atomic mass is 16.2. The highest BCUT2D eigenvalue weighted by molar-refractivity contribution is 5.94. The summed E-state index contributed by atoms with van der Waals surface area (Å²) >= 11 is 0. The number of nitrogens with zero attached hydrogens (tertiary/aromatic N) is 1. The molecule has 4 N–H and O–H groups in total. The molecule has 0 aromatic heterocycles. The zero-order valence-corrected chi connectivity index (χ0v) is 9.45. The summed E-state index contributed by atoms with van der Waals surface area (Å²) < 4.78 is 0. The molecule has 0 bridgehead atoms. The minimum Gasteiger partial charge on any atom is -0.384 e. The van der Waals surface area contributed by atoms with Crippen molar-refractivity contribution in [3.8, 4) is 0 Å². The monoisotopic (exact) mass is 220 g/mol. The summed E-state index contributed by atoms with van der Waals surface area (Å²) in [6.07, 6.45) is 0. The molecule has 0 aliphatic heterocycles. The van der Waals surface area contributed by atoms with Crippen molar-refractivity contribution in [2.24, 2.45) is 5.73 Å². The number of benzene rings is 1. The third kappa shape index (κ3) is 3.27. The number of hydrogen-bond acceptors (Lipinski definition) is 2. The van der Waals surface area contributed by atoms with Crippen LogP contribution in [-0.4, -0.2) is 30.9 Å². The Labute approximate surface area is 94.8 Å². The number of nitrogen functional groups attached to an aromatic ring is 1. The van der Waals surface area contributed by atoms with Crippen LogP contribution in [0.3, 0.4) is 0 Å². The van der Waals surface area contributed by atoms with Gasteiger partial charge in [-0.25, -0.2) is 4.79 Å². The number of amides is 2. The predicted octanol–water partition coefficient (Wildman–Crippen LogP) is 0.742. The van der Waals surface area contributed by atoms with E-state index >= 15 is 0 Å². The Hall–Kier alpha value is -2.04. The maximum Gasteiger partial charge on any atom is 0.317 e. The van der Waals surface area contributed by atoms with Gasteiger partial charge in [0.05, 0.1) is 0 Å². The van der Waals surface area contributed by atoms with Crippen molar-refractivity contribution in [2.45, 2.75) is 6.54 Å². The molecule has 0 unspecified atom stereocenters. The molecule has 0 aliphatic carbocycles. The first-order valence-electron chi connectivity index (χ1n) is 4.89. The van der Waals surface area contributed by atoms with Gasteiger partial charge in [-0.1, -0.05) is 24.3 Å². The first kappa shape index (κ1) is 12.0. The summed E-state index contributed by atoms with van der Waals surface area (Å²) in [4.78, 5) is 12.7. The van der Waals surface area contributed by atoms with E-state index < -0.39 is 0 Å². The Kier molecular flexibility index (Phi) is 3.88. The van der Waals surface area contributed by atoms with Crippen molar-refractivity contribution >= 4 is 11.9 Å². The van der Waals surface area contributed by atoms with Crippen LogP contribution in [0.2, 0.25) is 0 Å². The predicted molar refractivity (Wildman–Crippen MR) is 63.4 cm³/mol. The fraction of sp³-hybridized carbons (Fsp3) is 0.273. The SMILES string of the molecule is CN(C)C(=O)NCc1ccc(C(=N)N)cc1. The van der Waals surface area contributed by atoms with E-state index in [0.29, 0.717) is 12.1 Å². The van der Waals surface area contributed by atoms with Crippen LogP contribution in [0, 0.1) is 5.41 Å². The van der Waals surface area contributed by atoms with E-state index in [1.807, 2.05) is 12.1 Å². The van der Waals surface area contributed by atoms with Gasteiger partial charge in [0.2, 0.25) is 0 Å². The van der Waals surface area contributed by atoms with Crippen LogP contribution < -0.4 is 11.1 Å². The van der Waals surface area contributed by atoms with Crippen molar-refractivity contribution < 1.29 is 4.79 Å². The molecule has 86 valence electrons. The molecule has 1 rings (SSSR count). The van der Waals surface area contributed by atoms with E-state index in [1.165, 1.54) is 4.90 Å². The lowest BCUT2D eigenvalue weighted by Crippen LogP contribution is -2.33. The minimum absolute atomic E-state index is 0.0453. The van der Waals surface area contributed by atoms with Gasteiger partial charge < -0.3 is 16.0 Å². The smallest absolute Gasteiger partial charge is 0.317 e. The highest BCUT2D eigenvalue weighted by Crippen LogP contribution is 2.03. The van der Waals surface area contributed by atoms with Gasteiger partial charge in [-0.05, 0) is 5.56 Å². The van der Waals surface area contributed by atoms with Gasteiger partial charge in [-0.2, -0.15) is 0 Å². The summed E-state index contributed by atoms with van der Waals surface area (Å²) in [5.74, 6) is 0.0453. The van der Waals surface area contributed by atoms with E-state index in [4.69, 9.17) is 11.1 Å². The molecule has 0 fully saturated rings. The second-order valence-electron chi connectivity index (χ2n) is 3.66. The highest BCUT2D eigenvalue weighted by Gasteiger charge is 2.02. The van der Waals surface area contributed by atoms with Gasteiger partial charge in [0, 0.05) is 26.2 Å². The first-order valence-corrected chi connectivity index (χ1v) is 4.89. The normalized spacial score (nSPS) is 9.62. The van der Waals surface area contributed by atoms with Gasteiger partial charge in [0.1, 0.15) is 5.84 Å². The Bertz CT molecular complexity index is 383. The molecule has 1 aromatic carbocycles. The lowest BCUT2D eigenvalue weighted by Gasteiger charge is -2.11. The lowest BCUT2D eigenvalue weighted by atomic mass is 10.1. The molecule has 5 nitrogen and oxygen atoms in total. The Morgan fingerprint density at radius 1 is 1.38 bits per heavy atom. The maximum absolute atomic E-state index is 11.3. The summed E-state index contributed by atoms with van der Waals surface area (Å²) in [5, 5.41) is 9.98. The number of amidine groups is 1. The van der Waals surface area contributed by atoms with Crippen LogP contribution in [0.25, 0.3) is 0 Å². The van der Waals surface area contributed by atoms with Gasteiger partial charge >= 0.3 is 6.03 Å². The van der Waals surface area contributed by atoms with Gasteiger partial charge in [-0.15, -0.1) is 0 Å². The van der Waals surface area contributed by atoms with Crippen LogP contribution in [0.5, 0.6) is 0 Å². The molecule has 0 saturated heterocycles. The van der Waals surface area contributed by atoms with Gasteiger partial charge in [0.25, 0.3) is 0 Å². The fourth-order valence-electron chi connectivity index (χ4n) is 1.14. The number of carbonyl (C=O) groups excluding carboxylic acids is 1. The molecule has 2 amide bonds. The van der Waals surface area contributed by atoms with E-state index in [1.54, 1.807) is 26.2 Å². The summed E-state index contributed by atoms with van der Waals surface area (Å²) in [6.45, 7) is 0.467. The number of nitrogens with two attached hydrogens (primary N) is 1. The average molecular weight is 220 g/mol. The Morgan fingerprint density at radius 2 is 1.94 bits per heavy atom. The van der Waals surface area contributed by atoms with E-state index in [9.17, 15) is 4.79 Å². The molecule has 16 heavy (non-hydrogen) atoms. The standard InChI is InChI=1S/C11H16N4O/c1-15(2)11(16)14-7-8-3-5-9(6-4-8)10(12)13/h3-6H,7H2,1-2H3,(H3,12,13)(H,14,16). The summed E-state index contributed by atoms with van der Waals surface area (Å²) in [6, 6.07) is 7.08. The zero-order valence-electron chi connectivity index (χ0n) is 9.45. The molecule has 5 heteroatoms. The van der Waals surface area contributed by atoms with Gasteiger partial charge in [-0.3, -0.25) is 5.41 Å². The topological polar surface area (TPSA) is 82.2 Å². The number of nitrogens with one attached hydrogen (secondary N) is 2. The van der Waals surface area contributed by atoms with Crippen molar-refractivity contribution in [1.29, 1.82) is 5.41 Å². The minimum atomic E-state index is -0.129. The Balaban J connectivity index is 2.56. The van der Waals surface area contributed by atoms with Gasteiger partial charge in [0.15, 0.2) is 0 Å². The third-order valence-corrected chi connectivity index (χ3v) is 2.11. The van der Waals surface area contributed by atoms with E-state index in [0.717, 1.165) is 5.56 Å². The van der Waals surface area contributed by atoms with Crippen LogP contribution in [0.1, 0.15) is 11.1 Å². The van der Waals surface area contributed by atoms with Crippen LogP contribution >= 0.6 is 0 Å². The quantitative estimate of drug-likeness (QED) is 0.518. The van der Waals surface area contributed by atoms with Crippen LogP contribution in [0.15, 0.2) is 24.3 Å². The maximum atomic E-state index is 11.3. The second kappa shape index (κ2) is 5.16. The molecule has 0 spiro atoms. The van der Waals surface area contributed by atoms with Crippen molar-refractivity contribution in [3.63, 3.8) is 0 Å². The molecule has 0 atom stereocenters. The van der Waals surface area contributed by atoms with Crippen LogP contribution in [-0.2, 0) is 6.54 Å². The van der Waals surface area contributed by atoms with Crippen molar-refractivity contribution in [1.82, 2.24) is 10.2 Å². The van der Waals surface area contributed by atoms with Crippen LogP contribution in [0.4, 0.5) is 4.79 Å². The largest absolute Gasteiger partial charge is 0.384 e. The molecule has 0 heterocycles. The number of rotatable bonds is 3. The molecule has 0 saturated carbocycles. The summed E-state index contributed by atoms with van der Waals surface area (Å²) in [5.41, 5.74) is 6.99. The first-order chi connectivity index (χ1) is 7.50. The number of carbonyl (C=O) groups is 1. The number of urea groups is 1. The van der Waals surface area contributed by atoms with E-state index in [2.05, 4.69) is 5.32 Å². The molecular weight excluding hydrogens is 204 g/mol. The third-order valence-electron chi connectivity index (χ3n) is 2.11. The van der Waals surface area contributed by atoms with E-state index in [-0.39, 0.29) is 11.9 Å². The molecular formula is C11H16N4O. The lowest BCUT2D eigenvalue weighted by molar-refractivity contribution is 0.217. The number of hydrogen-bond donors (Lipinski definition) is 3. The summed E-state index contributed by atoms with van der Waals surface area (Å²) in [7, 11) is 3.38. The van der Waals surface area contributed by atoms with Crippen molar-refractivity contribution in [3.05, 3.63) is 35.4 Å². The average Bonchev–Trinajstić information content (AvgIpc) is 2.26. The molecule has 1 aromatic rings. The molecule has 0 radical (unpaired) electrons. The fourth-order valence-corrected chi connectivity index (χ4v) is 1.14. The van der Waals surface area contributed by atoms with Crippen molar-refractivity contribution in [2.75, 3.05) is 14.1 Å². The molecule has 0 aliphatic rings. The Morgan fingerprint density at radius 3 is 2.38 bits per heavy atom. The zero-order chi connectivity index (χ0) is 12.1. The second-order valence-corrected chi connectivity index (χ2v) is 3.66.